The van der Waals surface area contributed by atoms with Gasteiger partial charge in [0.05, 0.1) is 18.7 Å². The van der Waals surface area contributed by atoms with E-state index in [0.717, 1.165) is 11.3 Å². The molecule has 0 fully saturated rings. The number of carbonyl (C=O) groups is 2. The quantitative estimate of drug-likeness (QED) is 0.751. The van der Waals surface area contributed by atoms with E-state index in [1.54, 1.807) is 4.68 Å². The maximum absolute atomic E-state index is 12.0. The number of benzene rings is 1. The van der Waals surface area contributed by atoms with Crippen molar-refractivity contribution in [1.29, 1.82) is 0 Å². The van der Waals surface area contributed by atoms with Crippen molar-refractivity contribution in [2.24, 2.45) is 0 Å². The van der Waals surface area contributed by atoms with Gasteiger partial charge < -0.3 is 10.4 Å². The summed E-state index contributed by atoms with van der Waals surface area (Å²) in [5.41, 5.74) is 1.78. The molecular formula is C18H24N4O3. The maximum Gasteiger partial charge on any atom is 0.320 e. The molecule has 134 valence electrons. The maximum atomic E-state index is 12.0. The molecule has 0 unspecified atom stereocenters. The Kier molecular flexibility index (Phi) is 5.80. The molecule has 0 saturated heterocycles. The predicted octanol–water partition coefficient (Wildman–Crippen LogP) is 2.83. The lowest BCUT2D eigenvalue weighted by Gasteiger charge is -2.14. The first kappa shape index (κ1) is 18.5. The molecule has 0 saturated carbocycles. The molecule has 3 N–H and O–H groups in total. The van der Waals surface area contributed by atoms with Gasteiger partial charge in [-0.15, -0.1) is 0 Å². The number of hydrogen-bond acceptors (Lipinski definition) is 3. The van der Waals surface area contributed by atoms with Crippen LogP contribution in [-0.4, -0.2) is 33.4 Å². The van der Waals surface area contributed by atoms with Gasteiger partial charge in [0.2, 0.25) is 0 Å². The number of amides is 2. The summed E-state index contributed by atoms with van der Waals surface area (Å²) >= 11 is 0. The van der Waals surface area contributed by atoms with Crippen molar-refractivity contribution in [3.63, 3.8) is 0 Å². The van der Waals surface area contributed by atoms with Crippen LogP contribution in [0.1, 0.15) is 38.4 Å². The lowest BCUT2D eigenvalue weighted by atomic mass is 9.92. The first-order chi connectivity index (χ1) is 11.8. The van der Waals surface area contributed by atoms with Gasteiger partial charge in [-0.25, -0.2) is 9.48 Å². The molecule has 0 aliphatic carbocycles. The summed E-state index contributed by atoms with van der Waals surface area (Å²) in [4.78, 5) is 22.5. The van der Waals surface area contributed by atoms with Crippen molar-refractivity contribution < 1.29 is 14.7 Å². The molecule has 7 heteroatoms. The highest BCUT2D eigenvalue weighted by molar-refractivity contribution is 5.88. The van der Waals surface area contributed by atoms with Crippen LogP contribution in [0.25, 0.3) is 0 Å². The molecule has 0 atom stereocenters. The number of carboxylic acid groups (broad SMARTS) is 1. The summed E-state index contributed by atoms with van der Waals surface area (Å²) in [6, 6.07) is 11.2. The first-order valence-corrected chi connectivity index (χ1v) is 8.14. The second kappa shape index (κ2) is 7.83. The van der Waals surface area contributed by atoms with Crippen LogP contribution in [0.4, 0.5) is 10.6 Å². The minimum atomic E-state index is -0.954. The van der Waals surface area contributed by atoms with E-state index in [1.807, 2.05) is 36.4 Å². The largest absolute Gasteiger partial charge is 0.481 e. The third kappa shape index (κ3) is 5.63. The molecular weight excluding hydrogens is 320 g/mol. The Bertz CT molecular complexity index is 733. The average Bonchev–Trinajstić information content (AvgIpc) is 2.91. The molecule has 0 aliphatic rings. The number of hydrogen-bond donors (Lipinski definition) is 3. The summed E-state index contributed by atoms with van der Waals surface area (Å²) in [7, 11) is 0. The SMILES string of the molecule is CC(C)(C)c1cc(NC(=O)NCCC(=O)O)n(Cc2ccccc2)n1. The van der Waals surface area contributed by atoms with E-state index < -0.39 is 12.0 Å². The second-order valence-corrected chi connectivity index (χ2v) is 6.83. The zero-order chi connectivity index (χ0) is 18.4. The predicted molar refractivity (Wildman–Crippen MR) is 95.7 cm³/mol. The molecule has 1 aromatic heterocycles. The fourth-order valence-corrected chi connectivity index (χ4v) is 2.20. The Morgan fingerprint density at radius 3 is 2.48 bits per heavy atom. The number of urea groups is 1. The van der Waals surface area contributed by atoms with Crippen molar-refractivity contribution in [2.45, 2.75) is 39.2 Å². The number of nitrogens with one attached hydrogen (secondary N) is 2. The topological polar surface area (TPSA) is 96.3 Å². The van der Waals surface area contributed by atoms with Crippen LogP contribution >= 0.6 is 0 Å². The van der Waals surface area contributed by atoms with E-state index in [1.165, 1.54) is 0 Å². The smallest absolute Gasteiger partial charge is 0.320 e. The third-order valence-electron chi connectivity index (χ3n) is 3.59. The number of aliphatic carboxylic acids is 1. The van der Waals surface area contributed by atoms with E-state index in [9.17, 15) is 9.59 Å². The van der Waals surface area contributed by atoms with Gasteiger partial charge in [0.15, 0.2) is 0 Å². The van der Waals surface area contributed by atoms with Crippen molar-refractivity contribution in [2.75, 3.05) is 11.9 Å². The molecule has 0 spiro atoms. The van der Waals surface area contributed by atoms with Gasteiger partial charge in [0.25, 0.3) is 0 Å². The minimum Gasteiger partial charge on any atom is -0.481 e. The van der Waals surface area contributed by atoms with Gasteiger partial charge in [-0.2, -0.15) is 5.10 Å². The van der Waals surface area contributed by atoms with Gasteiger partial charge in [0.1, 0.15) is 5.82 Å². The van der Waals surface area contributed by atoms with Gasteiger partial charge >= 0.3 is 12.0 Å². The van der Waals surface area contributed by atoms with Crippen molar-refractivity contribution >= 4 is 17.8 Å². The third-order valence-corrected chi connectivity index (χ3v) is 3.59. The molecule has 1 aromatic carbocycles. The molecule has 1 heterocycles. The van der Waals surface area contributed by atoms with Crippen molar-refractivity contribution in [3.8, 4) is 0 Å². The molecule has 25 heavy (non-hydrogen) atoms. The summed E-state index contributed by atoms with van der Waals surface area (Å²) < 4.78 is 1.74. The molecule has 2 amide bonds. The Morgan fingerprint density at radius 1 is 1.20 bits per heavy atom. The fourth-order valence-electron chi connectivity index (χ4n) is 2.20. The van der Waals surface area contributed by atoms with Crippen LogP contribution in [0.3, 0.4) is 0 Å². The summed E-state index contributed by atoms with van der Waals surface area (Å²) in [6.07, 6.45) is -0.121. The number of carboxylic acids is 1. The van der Waals surface area contributed by atoms with Crippen LogP contribution in [0, 0.1) is 0 Å². The molecule has 7 nitrogen and oxygen atoms in total. The normalized spacial score (nSPS) is 11.2. The zero-order valence-corrected chi connectivity index (χ0v) is 14.7. The van der Waals surface area contributed by atoms with Crippen molar-refractivity contribution in [1.82, 2.24) is 15.1 Å². The Morgan fingerprint density at radius 2 is 1.88 bits per heavy atom. The number of carbonyl (C=O) groups excluding carboxylic acids is 1. The summed E-state index contributed by atoms with van der Waals surface area (Å²) in [6.45, 7) is 6.76. The minimum absolute atomic E-state index is 0.0696. The van der Waals surface area contributed by atoms with Crippen molar-refractivity contribution in [3.05, 3.63) is 47.7 Å². The van der Waals surface area contributed by atoms with E-state index in [0.29, 0.717) is 12.4 Å². The Hall–Kier alpha value is -2.83. The van der Waals surface area contributed by atoms with Gasteiger partial charge in [0, 0.05) is 18.0 Å². The van der Waals surface area contributed by atoms with Crippen LogP contribution in [0.5, 0.6) is 0 Å². The van der Waals surface area contributed by atoms with Crippen LogP contribution in [0.2, 0.25) is 0 Å². The molecule has 0 radical (unpaired) electrons. The lowest BCUT2D eigenvalue weighted by molar-refractivity contribution is -0.136. The molecule has 0 bridgehead atoms. The highest BCUT2D eigenvalue weighted by Crippen LogP contribution is 2.24. The molecule has 2 rings (SSSR count). The monoisotopic (exact) mass is 344 g/mol. The lowest BCUT2D eigenvalue weighted by Crippen LogP contribution is -2.31. The van der Waals surface area contributed by atoms with Crippen LogP contribution in [0.15, 0.2) is 36.4 Å². The van der Waals surface area contributed by atoms with Crippen LogP contribution < -0.4 is 10.6 Å². The molecule has 2 aromatic rings. The number of aromatic nitrogens is 2. The Balaban J connectivity index is 2.15. The van der Waals surface area contributed by atoms with Gasteiger partial charge in [-0.05, 0) is 5.56 Å². The highest BCUT2D eigenvalue weighted by atomic mass is 16.4. The van der Waals surface area contributed by atoms with Gasteiger partial charge in [-0.1, -0.05) is 51.1 Å². The zero-order valence-electron chi connectivity index (χ0n) is 14.7. The number of anilines is 1. The van der Waals surface area contributed by atoms with Crippen LogP contribution in [-0.2, 0) is 16.8 Å². The average molecular weight is 344 g/mol. The Labute approximate surface area is 147 Å². The highest BCUT2D eigenvalue weighted by Gasteiger charge is 2.21. The van der Waals surface area contributed by atoms with E-state index in [4.69, 9.17) is 5.11 Å². The van der Waals surface area contributed by atoms with Gasteiger partial charge in [-0.3, -0.25) is 10.1 Å². The molecule has 0 aliphatic heterocycles. The number of rotatable bonds is 6. The number of nitrogens with zero attached hydrogens (tertiary/aromatic N) is 2. The second-order valence-electron chi connectivity index (χ2n) is 6.83. The summed E-state index contributed by atoms with van der Waals surface area (Å²) in [5, 5.41) is 18.5. The van der Waals surface area contributed by atoms with E-state index in [-0.39, 0.29) is 18.4 Å². The summed E-state index contributed by atoms with van der Waals surface area (Å²) in [5.74, 6) is -0.383. The van der Waals surface area contributed by atoms with E-state index in [2.05, 4.69) is 36.5 Å². The first-order valence-electron chi connectivity index (χ1n) is 8.14. The standard InChI is InChI=1S/C18H24N4O3/c1-18(2,3)14-11-15(20-17(25)19-10-9-16(23)24)22(21-14)12-13-7-5-4-6-8-13/h4-8,11H,9-10,12H2,1-3H3,(H,23,24)(H2,19,20,25). The fraction of sp³-hybridized carbons (Fsp3) is 0.389. The van der Waals surface area contributed by atoms with E-state index >= 15 is 0 Å².